The van der Waals surface area contributed by atoms with Gasteiger partial charge < -0.3 is 15.2 Å². The van der Waals surface area contributed by atoms with E-state index in [2.05, 4.69) is 5.32 Å². The zero-order valence-electron chi connectivity index (χ0n) is 13.7. The molecular formula is C19H19NO4. The Morgan fingerprint density at radius 3 is 2.71 bits per heavy atom. The molecule has 124 valence electrons. The van der Waals surface area contributed by atoms with Crippen molar-refractivity contribution in [2.45, 2.75) is 26.7 Å². The number of aryl methyl sites for hydroxylation is 2. The lowest BCUT2D eigenvalue weighted by Gasteiger charge is -2.12. The second-order valence-electron chi connectivity index (χ2n) is 6.05. The molecule has 0 radical (unpaired) electrons. The Morgan fingerprint density at radius 1 is 1.17 bits per heavy atom. The van der Waals surface area contributed by atoms with E-state index in [1.165, 1.54) is 6.07 Å². The van der Waals surface area contributed by atoms with Gasteiger partial charge in [0.15, 0.2) is 0 Å². The number of benzene rings is 2. The number of nitrogens with one attached hydrogen (secondary N) is 1. The molecule has 1 amide bonds. The third kappa shape index (κ3) is 3.25. The molecule has 1 aliphatic heterocycles. The molecule has 24 heavy (non-hydrogen) atoms. The molecule has 0 spiro atoms. The zero-order chi connectivity index (χ0) is 17.3. The molecule has 0 fully saturated rings. The number of aromatic carboxylic acids is 1. The predicted molar refractivity (Wildman–Crippen MR) is 90.9 cm³/mol. The molecule has 3 rings (SSSR count). The Kier molecular flexibility index (Phi) is 4.25. The Labute approximate surface area is 140 Å². The molecule has 1 heterocycles. The number of hydrogen-bond donors (Lipinski definition) is 2. The number of hydrogen-bond acceptors (Lipinski definition) is 3. The van der Waals surface area contributed by atoms with E-state index in [4.69, 9.17) is 4.74 Å². The number of amides is 1. The Morgan fingerprint density at radius 2 is 1.96 bits per heavy atom. The first-order valence-corrected chi connectivity index (χ1v) is 7.83. The molecule has 0 aliphatic carbocycles. The molecule has 0 atom stereocenters. The minimum Gasteiger partial charge on any atom is -0.493 e. The highest BCUT2D eigenvalue weighted by Crippen LogP contribution is 2.26. The van der Waals surface area contributed by atoms with Crippen molar-refractivity contribution in [2.75, 3.05) is 11.9 Å². The molecule has 5 heteroatoms. The van der Waals surface area contributed by atoms with Gasteiger partial charge in [-0.25, -0.2) is 4.79 Å². The average Bonchev–Trinajstić information content (AvgIpc) is 2.97. The number of carbonyl (C=O) groups is 2. The number of fused-ring (bicyclic) bond motifs is 1. The highest BCUT2D eigenvalue weighted by molar-refractivity contribution is 5.96. The van der Waals surface area contributed by atoms with Crippen LogP contribution in [0.1, 0.15) is 32.6 Å². The number of ether oxygens (including phenoxy) is 1. The van der Waals surface area contributed by atoms with Crippen LogP contribution in [0, 0.1) is 13.8 Å². The minimum absolute atomic E-state index is 0.169. The maximum atomic E-state index is 12.3. The normalized spacial score (nSPS) is 12.4. The Hall–Kier alpha value is -2.82. The molecular weight excluding hydrogens is 306 g/mol. The lowest BCUT2D eigenvalue weighted by Crippen LogP contribution is -2.16. The van der Waals surface area contributed by atoms with E-state index < -0.39 is 5.97 Å². The third-order valence-electron chi connectivity index (χ3n) is 4.19. The summed E-state index contributed by atoms with van der Waals surface area (Å²) in [4.78, 5) is 23.6. The summed E-state index contributed by atoms with van der Waals surface area (Å²) >= 11 is 0. The topological polar surface area (TPSA) is 75.6 Å². The third-order valence-corrected chi connectivity index (χ3v) is 4.19. The van der Waals surface area contributed by atoms with E-state index in [-0.39, 0.29) is 17.9 Å². The van der Waals surface area contributed by atoms with Crippen LogP contribution in [0.25, 0.3) is 0 Å². The van der Waals surface area contributed by atoms with Crippen molar-refractivity contribution in [1.29, 1.82) is 0 Å². The van der Waals surface area contributed by atoms with Crippen LogP contribution in [0.4, 0.5) is 5.69 Å². The molecule has 2 N–H and O–H groups in total. The van der Waals surface area contributed by atoms with Crippen molar-refractivity contribution >= 4 is 17.6 Å². The number of rotatable bonds is 4. The summed E-state index contributed by atoms with van der Waals surface area (Å²) < 4.78 is 5.46. The summed E-state index contributed by atoms with van der Waals surface area (Å²) in [5, 5.41) is 12.0. The van der Waals surface area contributed by atoms with Crippen molar-refractivity contribution in [3.63, 3.8) is 0 Å². The van der Waals surface area contributed by atoms with Gasteiger partial charge in [0.2, 0.25) is 5.91 Å². The smallest absolute Gasteiger partial charge is 0.336 e. The summed E-state index contributed by atoms with van der Waals surface area (Å²) in [5.74, 6) is -0.279. The first kappa shape index (κ1) is 16.1. The Bertz CT molecular complexity index is 826. The van der Waals surface area contributed by atoms with Gasteiger partial charge in [-0.3, -0.25) is 4.79 Å². The van der Waals surface area contributed by atoms with Crippen LogP contribution in [0.15, 0.2) is 30.3 Å². The fourth-order valence-corrected chi connectivity index (χ4v) is 2.95. The van der Waals surface area contributed by atoms with Gasteiger partial charge >= 0.3 is 5.97 Å². The van der Waals surface area contributed by atoms with Gasteiger partial charge in [0.1, 0.15) is 5.75 Å². The number of carbonyl (C=O) groups excluding carboxylic acids is 1. The van der Waals surface area contributed by atoms with Crippen molar-refractivity contribution in [3.05, 3.63) is 58.1 Å². The van der Waals surface area contributed by atoms with Gasteiger partial charge in [-0.1, -0.05) is 18.2 Å². The second kappa shape index (κ2) is 6.35. The molecule has 2 aromatic carbocycles. The monoisotopic (exact) mass is 325 g/mol. The SMILES string of the molecule is Cc1cc(C)c(C(=O)O)cc1NC(=O)Cc1ccc2c(c1)CCO2. The molecule has 0 aromatic heterocycles. The van der Waals surface area contributed by atoms with Crippen LogP contribution in [0.2, 0.25) is 0 Å². The van der Waals surface area contributed by atoms with E-state index in [0.717, 1.165) is 28.9 Å². The molecule has 5 nitrogen and oxygen atoms in total. The lowest BCUT2D eigenvalue weighted by molar-refractivity contribution is -0.115. The average molecular weight is 325 g/mol. The molecule has 2 aromatic rings. The van der Waals surface area contributed by atoms with Crippen LogP contribution < -0.4 is 10.1 Å². The maximum Gasteiger partial charge on any atom is 0.336 e. The summed E-state index contributed by atoms with van der Waals surface area (Å²) in [6.45, 7) is 4.28. The van der Waals surface area contributed by atoms with Gasteiger partial charge in [-0.2, -0.15) is 0 Å². The highest BCUT2D eigenvalue weighted by atomic mass is 16.5. The number of carboxylic acids is 1. The van der Waals surface area contributed by atoms with E-state index in [1.54, 1.807) is 13.0 Å². The van der Waals surface area contributed by atoms with Gasteiger partial charge in [-0.05, 0) is 48.2 Å². The van der Waals surface area contributed by atoms with E-state index >= 15 is 0 Å². The standard InChI is InChI=1S/C19H19NO4/c1-11-7-12(2)16(10-15(11)19(22)23)20-18(21)9-13-3-4-17-14(8-13)5-6-24-17/h3-4,7-8,10H,5-6,9H2,1-2H3,(H,20,21)(H,22,23). The largest absolute Gasteiger partial charge is 0.493 e. The zero-order valence-corrected chi connectivity index (χ0v) is 13.7. The quantitative estimate of drug-likeness (QED) is 0.905. The summed E-state index contributed by atoms with van der Waals surface area (Å²) in [5.41, 5.74) is 4.29. The second-order valence-corrected chi connectivity index (χ2v) is 6.05. The van der Waals surface area contributed by atoms with E-state index in [1.807, 2.05) is 25.1 Å². The Balaban J connectivity index is 1.75. The van der Waals surface area contributed by atoms with Gasteiger partial charge in [0.25, 0.3) is 0 Å². The molecule has 0 unspecified atom stereocenters. The number of carboxylic acid groups (broad SMARTS) is 1. The van der Waals surface area contributed by atoms with Crippen LogP contribution in [-0.4, -0.2) is 23.6 Å². The first-order chi connectivity index (χ1) is 11.4. The van der Waals surface area contributed by atoms with Crippen molar-refractivity contribution in [3.8, 4) is 5.75 Å². The van der Waals surface area contributed by atoms with Crippen LogP contribution in [0.5, 0.6) is 5.75 Å². The van der Waals surface area contributed by atoms with Crippen LogP contribution in [0.3, 0.4) is 0 Å². The fourth-order valence-electron chi connectivity index (χ4n) is 2.95. The molecule has 0 saturated carbocycles. The predicted octanol–water partition coefficient (Wildman–Crippen LogP) is 3.12. The van der Waals surface area contributed by atoms with E-state index in [0.29, 0.717) is 17.9 Å². The molecule has 0 saturated heterocycles. The lowest BCUT2D eigenvalue weighted by atomic mass is 10.0. The first-order valence-electron chi connectivity index (χ1n) is 7.83. The van der Waals surface area contributed by atoms with E-state index in [9.17, 15) is 14.7 Å². The fraction of sp³-hybridized carbons (Fsp3) is 0.263. The molecule has 0 bridgehead atoms. The van der Waals surface area contributed by atoms with Crippen LogP contribution in [-0.2, 0) is 17.6 Å². The molecule has 1 aliphatic rings. The van der Waals surface area contributed by atoms with Crippen molar-refractivity contribution < 1.29 is 19.4 Å². The van der Waals surface area contributed by atoms with Gasteiger partial charge in [0, 0.05) is 12.1 Å². The van der Waals surface area contributed by atoms with Gasteiger partial charge in [0.05, 0.1) is 18.6 Å². The maximum absolute atomic E-state index is 12.3. The summed E-state index contributed by atoms with van der Waals surface area (Å²) in [7, 11) is 0. The number of anilines is 1. The highest BCUT2D eigenvalue weighted by Gasteiger charge is 2.15. The minimum atomic E-state index is -0.998. The van der Waals surface area contributed by atoms with Crippen molar-refractivity contribution in [1.82, 2.24) is 0 Å². The van der Waals surface area contributed by atoms with Crippen LogP contribution >= 0.6 is 0 Å². The van der Waals surface area contributed by atoms with Gasteiger partial charge in [-0.15, -0.1) is 0 Å². The summed E-state index contributed by atoms with van der Waals surface area (Å²) in [6.07, 6.45) is 1.10. The summed E-state index contributed by atoms with van der Waals surface area (Å²) in [6, 6.07) is 9.05. The van der Waals surface area contributed by atoms with Crippen molar-refractivity contribution in [2.24, 2.45) is 0 Å².